The lowest BCUT2D eigenvalue weighted by atomic mass is 10.0. The maximum atomic E-state index is 14.6. The molecule has 0 spiro atoms. The number of hydrogen-bond donors (Lipinski definition) is 0. The van der Waals surface area contributed by atoms with Gasteiger partial charge in [0.05, 0.1) is 22.0 Å². The van der Waals surface area contributed by atoms with Crippen LogP contribution in [0.25, 0.3) is 17.3 Å². The van der Waals surface area contributed by atoms with Crippen molar-refractivity contribution in [2.75, 3.05) is 0 Å². The van der Waals surface area contributed by atoms with Crippen LogP contribution in [0.2, 0.25) is 0 Å². The summed E-state index contributed by atoms with van der Waals surface area (Å²) in [5.41, 5.74) is -2.08. The molecule has 9 heteroatoms. The average molecular weight is 452 g/mol. The number of Topliss-reactive ketones (excluding diaryl/α,β-unsaturated/α-hetero) is 1. The van der Waals surface area contributed by atoms with Crippen molar-refractivity contribution in [2.45, 2.75) is 0 Å². The lowest BCUT2D eigenvalue weighted by Crippen LogP contribution is -2.32. The molecule has 158 valence electrons. The Morgan fingerprint density at radius 2 is 1.84 bits per heavy atom. The number of aromatic nitrogens is 1. The minimum atomic E-state index is -1.08. The van der Waals surface area contributed by atoms with Gasteiger partial charge in [0.2, 0.25) is 5.78 Å². The highest BCUT2D eigenvalue weighted by Crippen LogP contribution is 2.15. The molecule has 4 aromatic rings. The van der Waals surface area contributed by atoms with E-state index >= 15 is 0 Å². The number of rotatable bonds is 4. The number of carbonyl (C=O) groups is 1. The SMILES string of the molecule is N#C/C(C(=O)c1ccccc1F)=c1/s/c(=C/c2ccco2)c(=O)n1-c1ccc(F)cc1F. The Labute approximate surface area is 182 Å². The number of benzene rings is 2. The fraction of sp³-hybridized carbons (Fsp3) is 0. The second-order valence-electron chi connectivity index (χ2n) is 6.46. The third-order valence-electron chi connectivity index (χ3n) is 4.46. The molecule has 4 rings (SSSR count). The van der Waals surface area contributed by atoms with Crippen LogP contribution in [0, 0.1) is 28.8 Å². The van der Waals surface area contributed by atoms with Crippen molar-refractivity contribution < 1.29 is 22.4 Å². The van der Waals surface area contributed by atoms with Gasteiger partial charge in [-0.3, -0.25) is 14.2 Å². The quantitative estimate of drug-likeness (QED) is 0.446. The minimum Gasteiger partial charge on any atom is -0.465 e. The van der Waals surface area contributed by atoms with Gasteiger partial charge >= 0.3 is 0 Å². The van der Waals surface area contributed by atoms with Crippen LogP contribution >= 0.6 is 11.3 Å². The van der Waals surface area contributed by atoms with Crippen LogP contribution in [0.15, 0.2) is 70.1 Å². The molecular formula is C23H11F3N2O3S. The highest BCUT2D eigenvalue weighted by atomic mass is 32.1. The van der Waals surface area contributed by atoms with Crippen molar-refractivity contribution in [1.29, 1.82) is 5.26 Å². The topological polar surface area (TPSA) is 76.0 Å². The van der Waals surface area contributed by atoms with Crippen molar-refractivity contribution >= 4 is 28.8 Å². The van der Waals surface area contributed by atoms with E-state index < -0.39 is 34.4 Å². The van der Waals surface area contributed by atoms with E-state index in [1.54, 1.807) is 18.2 Å². The Bertz CT molecular complexity index is 1560. The van der Waals surface area contributed by atoms with Gasteiger partial charge in [0.1, 0.15) is 39.5 Å². The molecule has 0 aliphatic carbocycles. The van der Waals surface area contributed by atoms with Crippen molar-refractivity contribution in [3.63, 3.8) is 0 Å². The molecule has 0 fully saturated rings. The van der Waals surface area contributed by atoms with Crippen LogP contribution in [-0.2, 0) is 0 Å². The number of hydrogen-bond acceptors (Lipinski definition) is 5. The van der Waals surface area contributed by atoms with Crippen LogP contribution in [0.5, 0.6) is 0 Å². The molecule has 2 heterocycles. The zero-order valence-electron chi connectivity index (χ0n) is 16.0. The van der Waals surface area contributed by atoms with E-state index in [1.165, 1.54) is 30.5 Å². The van der Waals surface area contributed by atoms with Gasteiger partial charge in [-0.15, -0.1) is 11.3 Å². The number of nitrogens with zero attached hydrogens (tertiary/aromatic N) is 2. The predicted octanol–water partition coefficient (Wildman–Crippen LogP) is 3.30. The van der Waals surface area contributed by atoms with Gasteiger partial charge in [-0.1, -0.05) is 12.1 Å². The molecule has 0 atom stereocenters. The van der Waals surface area contributed by atoms with Gasteiger partial charge in [0.15, 0.2) is 0 Å². The second-order valence-corrected chi connectivity index (χ2v) is 7.49. The second kappa shape index (κ2) is 8.53. The van der Waals surface area contributed by atoms with Crippen LogP contribution in [-0.4, -0.2) is 10.4 Å². The number of ketones is 1. The molecule has 0 saturated carbocycles. The summed E-state index contributed by atoms with van der Waals surface area (Å²) in [6, 6.07) is 12.4. The third-order valence-corrected chi connectivity index (χ3v) is 5.55. The number of carbonyl (C=O) groups excluding carboxylic acids is 1. The Morgan fingerprint density at radius 3 is 2.50 bits per heavy atom. The van der Waals surface area contributed by atoms with Gasteiger partial charge in [0, 0.05) is 12.1 Å². The average Bonchev–Trinajstić information content (AvgIpc) is 3.38. The number of halogens is 3. The largest absolute Gasteiger partial charge is 0.465 e. The van der Waals surface area contributed by atoms with Crippen molar-refractivity contribution in [3.05, 3.63) is 109 Å². The van der Waals surface area contributed by atoms with Gasteiger partial charge < -0.3 is 4.42 Å². The summed E-state index contributed by atoms with van der Waals surface area (Å²) < 4.78 is 48.0. The maximum absolute atomic E-state index is 14.6. The first kappa shape index (κ1) is 21.1. The Balaban J connectivity index is 2.11. The van der Waals surface area contributed by atoms with E-state index in [0.717, 1.165) is 34.1 Å². The van der Waals surface area contributed by atoms with Gasteiger partial charge in [-0.05, 0) is 36.4 Å². The van der Waals surface area contributed by atoms with E-state index in [2.05, 4.69) is 0 Å². The Hall–Kier alpha value is -4.16. The van der Waals surface area contributed by atoms with Crippen molar-refractivity contribution in [1.82, 2.24) is 4.57 Å². The first-order valence-corrected chi connectivity index (χ1v) is 9.88. The highest BCUT2D eigenvalue weighted by Gasteiger charge is 2.22. The predicted molar refractivity (Wildman–Crippen MR) is 111 cm³/mol. The number of furan rings is 1. The molecule has 2 aromatic heterocycles. The molecular weight excluding hydrogens is 441 g/mol. The first-order chi connectivity index (χ1) is 15.4. The molecule has 2 aromatic carbocycles. The molecule has 32 heavy (non-hydrogen) atoms. The van der Waals surface area contributed by atoms with Gasteiger partial charge in [-0.2, -0.15) is 5.26 Å². The zero-order valence-corrected chi connectivity index (χ0v) is 16.8. The molecule has 5 nitrogen and oxygen atoms in total. The van der Waals surface area contributed by atoms with Crippen molar-refractivity contribution in [3.8, 4) is 11.8 Å². The minimum absolute atomic E-state index is 0.0211. The molecule has 0 N–H and O–H groups in total. The smallest absolute Gasteiger partial charge is 0.273 e. The zero-order chi connectivity index (χ0) is 22.8. The Morgan fingerprint density at radius 1 is 1.06 bits per heavy atom. The van der Waals surface area contributed by atoms with Crippen molar-refractivity contribution in [2.24, 2.45) is 0 Å². The summed E-state index contributed by atoms with van der Waals surface area (Å²) in [6.07, 6.45) is 2.74. The maximum Gasteiger partial charge on any atom is 0.273 e. The lowest BCUT2D eigenvalue weighted by molar-refractivity contribution is 0.105. The monoisotopic (exact) mass is 452 g/mol. The molecule has 0 amide bonds. The summed E-state index contributed by atoms with van der Waals surface area (Å²) in [4.78, 5) is 26.1. The third kappa shape index (κ3) is 3.79. The molecule has 0 radical (unpaired) electrons. The first-order valence-electron chi connectivity index (χ1n) is 9.07. The standard InChI is InChI=1S/C23H11F3N2O3S/c24-13-7-8-19(18(26)10-13)28-22(30)20(11-14-4-3-9-31-14)32-23(28)16(12-27)21(29)15-5-1-2-6-17(15)25/h1-11H/b20-11+,23-16-. The lowest BCUT2D eigenvalue weighted by Gasteiger charge is -2.06. The van der Waals surface area contributed by atoms with E-state index in [1.807, 2.05) is 0 Å². The van der Waals surface area contributed by atoms with Gasteiger partial charge in [-0.25, -0.2) is 13.2 Å². The van der Waals surface area contributed by atoms with Crippen LogP contribution < -0.4 is 14.8 Å². The molecule has 0 aliphatic heterocycles. The number of thiazole rings is 1. The highest BCUT2D eigenvalue weighted by molar-refractivity contribution is 7.07. The van der Waals surface area contributed by atoms with Gasteiger partial charge in [0.25, 0.3) is 5.56 Å². The van der Waals surface area contributed by atoms with Crippen LogP contribution in [0.1, 0.15) is 16.1 Å². The van der Waals surface area contributed by atoms with Crippen LogP contribution in [0.3, 0.4) is 0 Å². The summed E-state index contributed by atoms with van der Waals surface area (Å²) >= 11 is 0.725. The van der Waals surface area contributed by atoms with Crippen LogP contribution in [0.4, 0.5) is 13.2 Å². The summed E-state index contributed by atoms with van der Waals surface area (Å²) in [7, 11) is 0. The Kier molecular flexibility index (Phi) is 5.62. The summed E-state index contributed by atoms with van der Waals surface area (Å²) in [5, 5.41) is 9.72. The van der Waals surface area contributed by atoms with E-state index in [9.17, 15) is 28.0 Å². The molecule has 0 unspecified atom stereocenters. The molecule has 0 bridgehead atoms. The summed E-state index contributed by atoms with van der Waals surface area (Å²) in [5.74, 6) is -3.48. The fourth-order valence-corrected chi connectivity index (χ4v) is 4.08. The summed E-state index contributed by atoms with van der Waals surface area (Å²) in [6.45, 7) is 0. The number of nitriles is 1. The van der Waals surface area contributed by atoms with E-state index in [0.29, 0.717) is 11.8 Å². The molecule has 0 saturated heterocycles. The molecule has 0 aliphatic rings. The fourth-order valence-electron chi connectivity index (χ4n) is 3.01. The van der Waals surface area contributed by atoms with E-state index in [-0.39, 0.29) is 20.4 Å². The van der Waals surface area contributed by atoms with E-state index in [4.69, 9.17) is 4.42 Å². The normalized spacial score (nSPS) is 12.5.